The molecule has 0 saturated carbocycles. The standard InChI is InChI=1S/C16H17ClFNO2S/c1-11(22-10-12-5-4-8-21-12)16(20)19(2)9-13-14(17)6-3-7-15(13)18/h3-8,11H,9-10H2,1-2H3. The number of benzene rings is 1. The molecule has 22 heavy (non-hydrogen) atoms. The third-order valence-corrected chi connectivity index (χ3v) is 4.74. The second-order valence-electron chi connectivity index (χ2n) is 4.93. The molecular formula is C16H17ClFNO2S. The predicted molar refractivity (Wildman–Crippen MR) is 87.3 cm³/mol. The molecule has 0 aliphatic heterocycles. The molecule has 0 radical (unpaired) electrons. The van der Waals surface area contributed by atoms with Crippen LogP contribution < -0.4 is 0 Å². The van der Waals surface area contributed by atoms with Crippen LogP contribution in [-0.4, -0.2) is 23.1 Å². The highest BCUT2D eigenvalue weighted by atomic mass is 35.5. The van der Waals surface area contributed by atoms with Crippen molar-refractivity contribution in [1.29, 1.82) is 0 Å². The van der Waals surface area contributed by atoms with Crippen LogP contribution in [0.5, 0.6) is 0 Å². The first-order valence-corrected chi connectivity index (χ1v) is 8.23. The van der Waals surface area contributed by atoms with Gasteiger partial charge in [0.15, 0.2) is 0 Å². The van der Waals surface area contributed by atoms with E-state index in [1.165, 1.54) is 22.7 Å². The van der Waals surface area contributed by atoms with Crippen molar-refractivity contribution >= 4 is 29.3 Å². The van der Waals surface area contributed by atoms with Crippen molar-refractivity contribution in [3.63, 3.8) is 0 Å². The largest absolute Gasteiger partial charge is 0.468 e. The van der Waals surface area contributed by atoms with Crippen LogP contribution >= 0.6 is 23.4 Å². The normalized spacial score (nSPS) is 12.2. The molecule has 0 aliphatic carbocycles. The van der Waals surface area contributed by atoms with Gasteiger partial charge in [-0.2, -0.15) is 0 Å². The van der Waals surface area contributed by atoms with Crippen molar-refractivity contribution in [3.8, 4) is 0 Å². The maximum Gasteiger partial charge on any atom is 0.235 e. The summed E-state index contributed by atoms with van der Waals surface area (Å²) in [4.78, 5) is 13.8. The molecule has 6 heteroatoms. The van der Waals surface area contributed by atoms with E-state index in [2.05, 4.69) is 0 Å². The molecule has 1 atom stereocenters. The SMILES string of the molecule is CC(SCc1ccco1)C(=O)N(C)Cc1c(F)cccc1Cl. The molecule has 2 rings (SSSR count). The summed E-state index contributed by atoms with van der Waals surface area (Å²) >= 11 is 7.47. The molecule has 0 bridgehead atoms. The van der Waals surface area contributed by atoms with Gasteiger partial charge in [0, 0.05) is 24.2 Å². The number of nitrogens with zero attached hydrogens (tertiary/aromatic N) is 1. The Hall–Kier alpha value is -1.46. The lowest BCUT2D eigenvalue weighted by atomic mass is 10.2. The zero-order valence-corrected chi connectivity index (χ0v) is 14.0. The highest BCUT2D eigenvalue weighted by molar-refractivity contribution is 7.99. The third kappa shape index (κ3) is 4.27. The van der Waals surface area contributed by atoms with Crippen LogP contribution in [0.1, 0.15) is 18.2 Å². The highest BCUT2D eigenvalue weighted by Gasteiger charge is 2.20. The van der Waals surface area contributed by atoms with Gasteiger partial charge in [0.25, 0.3) is 0 Å². The van der Waals surface area contributed by atoms with Crippen LogP contribution in [0.2, 0.25) is 5.02 Å². The second-order valence-corrected chi connectivity index (χ2v) is 6.66. The fraction of sp³-hybridized carbons (Fsp3) is 0.312. The smallest absolute Gasteiger partial charge is 0.235 e. The zero-order valence-electron chi connectivity index (χ0n) is 12.4. The first-order chi connectivity index (χ1) is 10.5. The van der Waals surface area contributed by atoms with Crippen molar-refractivity contribution in [2.75, 3.05) is 7.05 Å². The van der Waals surface area contributed by atoms with E-state index in [4.69, 9.17) is 16.0 Å². The summed E-state index contributed by atoms with van der Waals surface area (Å²) < 4.78 is 19.0. The molecule has 0 aliphatic rings. The molecule has 2 aromatic rings. The molecule has 0 saturated heterocycles. The molecule has 1 aromatic carbocycles. The van der Waals surface area contributed by atoms with E-state index in [0.29, 0.717) is 16.3 Å². The Morgan fingerprint density at radius 3 is 2.82 bits per heavy atom. The lowest BCUT2D eigenvalue weighted by Crippen LogP contribution is -2.33. The van der Waals surface area contributed by atoms with Crippen LogP contribution in [0, 0.1) is 5.82 Å². The number of hydrogen-bond acceptors (Lipinski definition) is 3. The average Bonchev–Trinajstić information content (AvgIpc) is 3.01. The molecule has 118 valence electrons. The molecule has 0 fully saturated rings. The maximum absolute atomic E-state index is 13.8. The van der Waals surface area contributed by atoms with Gasteiger partial charge in [-0.15, -0.1) is 11.8 Å². The number of rotatable bonds is 6. The lowest BCUT2D eigenvalue weighted by Gasteiger charge is -2.21. The Morgan fingerprint density at radius 2 is 2.18 bits per heavy atom. The van der Waals surface area contributed by atoms with Gasteiger partial charge in [0.05, 0.1) is 17.3 Å². The van der Waals surface area contributed by atoms with Gasteiger partial charge in [-0.3, -0.25) is 4.79 Å². The minimum Gasteiger partial charge on any atom is -0.468 e. The van der Waals surface area contributed by atoms with E-state index < -0.39 is 5.82 Å². The Balaban J connectivity index is 1.93. The molecule has 1 heterocycles. The first kappa shape index (κ1) is 16.9. The van der Waals surface area contributed by atoms with Gasteiger partial charge in [-0.25, -0.2) is 4.39 Å². The Morgan fingerprint density at radius 1 is 1.41 bits per heavy atom. The molecular weight excluding hydrogens is 325 g/mol. The second kappa shape index (κ2) is 7.70. The first-order valence-electron chi connectivity index (χ1n) is 6.81. The van der Waals surface area contributed by atoms with Crippen LogP contribution in [0.15, 0.2) is 41.0 Å². The van der Waals surface area contributed by atoms with Crippen LogP contribution in [-0.2, 0) is 17.1 Å². The molecule has 1 amide bonds. The van der Waals surface area contributed by atoms with Gasteiger partial charge < -0.3 is 9.32 Å². The molecule has 1 unspecified atom stereocenters. The monoisotopic (exact) mass is 341 g/mol. The van der Waals surface area contributed by atoms with E-state index in [0.717, 1.165) is 5.76 Å². The summed E-state index contributed by atoms with van der Waals surface area (Å²) in [5.41, 5.74) is 0.336. The van der Waals surface area contributed by atoms with Gasteiger partial charge in [-0.05, 0) is 31.2 Å². The van der Waals surface area contributed by atoms with Crippen molar-refractivity contribution < 1.29 is 13.6 Å². The van der Waals surface area contributed by atoms with E-state index in [1.807, 2.05) is 19.1 Å². The van der Waals surface area contributed by atoms with E-state index >= 15 is 0 Å². The van der Waals surface area contributed by atoms with E-state index in [-0.39, 0.29) is 17.7 Å². The fourth-order valence-electron chi connectivity index (χ4n) is 1.98. The minimum absolute atomic E-state index is 0.0733. The van der Waals surface area contributed by atoms with Crippen LogP contribution in [0.4, 0.5) is 4.39 Å². The van der Waals surface area contributed by atoms with E-state index in [1.54, 1.807) is 25.4 Å². The van der Waals surface area contributed by atoms with Crippen LogP contribution in [0.25, 0.3) is 0 Å². The summed E-state index contributed by atoms with van der Waals surface area (Å²) in [5.74, 6) is 0.970. The summed E-state index contributed by atoms with van der Waals surface area (Å²) in [6, 6.07) is 8.19. The molecule has 0 spiro atoms. The number of halogens is 2. The molecule has 0 N–H and O–H groups in total. The lowest BCUT2D eigenvalue weighted by molar-refractivity contribution is -0.129. The predicted octanol–water partition coefficient (Wildman–Crippen LogP) is 4.35. The van der Waals surface area contributed by atoms with Crippen molar-refractivity contribution in [3.05, 3.63) is 58.8 Å². The average molecular weight is 342 g/mol. The van der Waals surface area contributed by atoms with E-state index in [9.17, 15) is 9.18 Å². The number of furan rings is 1. The van der Waals surface area contributed by atoms with Gasteiger partial charge >= 0.3 is 0 Å². The van der Waals surface area contributed by atoms with Gasteiger partial charge in [0.2, 0.25) is 5.91 Å². The Bertz CT molecular complexity index is 613. The van der Waals surface area contributed by atoms with Crippen molar-refractivity contribution in [2.24, 2.45) is 0 Å². The van der Waals surface area contributed by atoms with Crippen molar-refractivity contribution in [1.82, 2.24) is 4.90 Å². The fourth-order valence-corrected chi connectivity index (χ4v) is 3.11. The topological polar surface area (TPSA) is 33.5 Å². The number of thioether (sulfide) groups is 1. The number of carbonyl (C=O) groups is 1. The van der Waals surface area contributed by atoms with Crippen LogP contribution in [0.3, 0.4) is 0 Å². The summed E-state index contributed by atoms with van der Waals surface area (Å²) in [6.07, 6.45) is 1.61. The molecule has 3 nitrogen and oxygen atoms in total. The number of hydrogen-bond donors (Lipinski definition) is 0. The summed E-state index contributed by atoms with van der Waals surface area (Å²) in [6.45, 7) is 1.98. The van der Waals surface area contributed by atoms with Gasteiger partial charge in [0.1, 0.15) is 11.6 Å². The number of carbonyl (C=O) groups excluding carboxylic acids is 1. The minimum atomic E-state index is -0.400. The Kier molecular flexibility index (Phi) is 5.91. The number of amides is 1. The van der Waals surface area contributed by atoms with Gasteiger partial charge in [-0.1, -0.05) is 17.7 Å². The quantitative estimate of drug-likeness (QED) is 0.783. The maximum atomic E-state index is 13.8. The highest BCUT2D eigenvalue weighted by Crippen LogP contribution is 2.23. The summed E-state index contributed by atoms with van der Waals surface area (Å²) in [7, 11) is 1.65. The third-order valence-electron chi connectivity index (χ3n) is 3.24. The Labute approximate surface area is 138 Å². The zero-order chi connectivity index (χ0) is 16.1. The summed E-state index contributed by atoms with van der Waals surface area (Å²) in [5, 5.41) is 0.0798. The molecule has 1 aromatic heterocycles. The van der Waals surface area contributed by atoms with Crippen molar-refractivity contribution in [2.45, 2.75) is 24.5 Å².